The zero-order valence-corrected chi connectivity index (χ0v) is 22.0. The van der Waals surface area contributed by atoms with E-state index in [-0.39, 0.29) is 0 Å². The molecule has 0 spiro atoms. The van der Waals surface area contributed by atoms with Crippen molar-refractivity contribution in [2.75, 3.05) is 37.4 Å². The first-order valence-electron chi connectivity index (χ1n) is 13.9. The van der Waals surface area contributed by atoms with E-state index in [1.54, 1.807) is 12.5 Å². The maximum Gasteiger partial charge on any atom is 0.143 e. The van der Waals surface area contributed by atoms with Gasteiger partial charge in [-0.25, -0.2) is 9.97 Å². The molecule has 0 aromatic carbocycles. The number of allylic oxidation sites excluding steroid dienone is 1. The van der Waals surface area contributed by atoms with E-state index in [0.29, 0.717) is 18.5 Å². The molecule has 4 N–H and O–H groups in total. The van der Waals surface area contributed by atoms with Gasteiger partial charge in [-0.15, -0.1) is 0 Å². The van der Waals surface area contributed by atoms with Crippen LogP contribution in [0.5, 0.6) is 0 Å². The van der Waals surface area contributed by atoms with Crippen molar-refractivity contribution in [3.05, 3.63) is 77.8 Å². The lowest BCUT2D eigenvalue weighted by Crippen LogP contribution is -2.46. The molecular weight excluding hydrogens is 488 g/mol. The van der Waals surface area contributed by atoms with Crippen LogP contribution >= 0.6 is 0 Å². The van der Waals surface area contributed by atoms with Gasteiger partial charge in [0.15, 0.2) is 0 Å². The van der Waals surface area contributed by atoms with Gasteiger partial charge in [0.25, 0.3) is 0 Å². The first kappa shape index (κ1) is 24.2. The summed E-state index contributed by atoms with van der Waals surface area (Å²) in [6, 6.07) is 7.07. The summed E-state index contributed by atoms with van der Waals surface area (Å²) in [5, 5.41) is 4.88. The highest BCUT2D eigenvalue weighted by Crippen LogP contribution is 2.45. The smallest absolute Gasteiger partial charge is 0.143 e. The Morgan fingerprint density at radius 2 is 1.79 bits per heavy atom. The summed E-state index contributed by atoms with van der Waals surface area (Å²) in [6.07, 6.45) is 18.7. The number of pyridine rings is 2. The summed E-state index contributed by atoms with van der Waals surface area (Å²) in [7, 11) is 0. The van der Waals surface area contributed by atoms with Crippen molar-refractivity contribution < 1.29 is 4.74 Å². The van der Waals surface area contributed by atoms with Gasteiger partial charge in [0.2, 0.25) is 0 Å². The maximum absolute atomic E-state index is 6.56. The number of ether oxygens (including phenoxy) is 1. The third-order valence-corrected chi connectivity index (χ3v) is 8.85. The molecular formula is C30H34N8O. The Morgan fingerprint density at radius 3 is 2.59 bits per heavy atom. The monoisotopic (exact) mass is 522 g/mol. The molecule has 9 heteroatoms. The van der Waals surface area contributed by atoms with Crippen LogP contribution in [0.2, 0.25) is 0 Å². The molecule has 0 radical (unpaired) electrons. The summed E-state index contributed by atoms with van der Waals surface area (Å²) in [5.41, 5.74) is 12.0. The average molecular weight is 523 g/mol. The Labute approximate surface area is 227 Å². The van der Waals surface area contributed by atoms with E-state index in [0.717, 1.165) is 78.5 Å². The molecule has 4 aromatic heterocycles. The van der Waals surface area contributed by atoms with Crippen LogP contribution < -0.4 is 11.1 Å². The second-order valence-electron chi connectivity index (χ2n) is 10.9. The Hall–Kier alpha value is -3.82. The molecule has 2 fully saturated rings. The zero-order valence-electron chi connectivity index (χ0n) is 22.0. The van der Waals surface area contributed by atoms with E-state index < -0.39 is 5.41 Å². The zero-order chi connectivity index (χ0) is 26.2. The second kappa shape index (κ2) is 10.1. The van der Waals surface area contributed by atoms with E-state index in [4.69, 9.17) is 15.5 Å². The van der Waals surface area contributed by atoms with Gasteiger partial charge in [0.1, 0.15) is 17.8 Å². The molecule has 1 aliphatic heterocycles. The van der Waals surface area contributed by atoms with Crippen molar-refractivity contribution in [1.29, 1.82) is 0 Å². The van der Waals surface area contributed by atoms with E-state index in [9.17, 15) is 0 Å². The highest BCUT2D eigenvalue weighted by Gasteiger charge is 2.39. The van der Waals surface area contributed by atoms with Gasteiger partial charge in [-0.05, 0) is 67.5 Å². The highest BCUT2D eigenvalue weighted by molar-refractivity contribution is 5.94. The van der Waals surface area contributed by atoms with E-state index in [1.807, 2.05) is 24.7 Å². The SMILES string of the molecule is Nc1ccncc1C1(c2ccncc2)C=Cc2[nH]c3ncnc(N[C@H]4CC[C@H](N5CCOCC5)CC4)c3c2C1. The molecule has 7 rings (SSSR count). The van der Waals surface area contributed by atoms with Crippen LogP contribution in [-0.2, 0) is 16.6 Å². The van der Waals surface area contributed by atoms with Gasteiger partial charge in [0, 0.05) is 72.3 Å². The summed E-state index contributed by atoms with van der Waals surface area (Å²) < 4.78 is 5.56. The highest BCUT2D eigenvalue weighted by atomic mass is 16.5. The van der Waals surface area contributed by atoms with Crippen LogP contribution in [0.25, 0.3) is 17.1 Å². The molecule has 2 aliphatic carbocycles. The van der Waals surface area contributed by atoms with E-state index in [2.05, 4.69) is 54.4 Å². The Morgan fingerprint density at radius 1 is 1.00 bits per heavy atom. The first-order chi connectivity index (χ1) is 19.2. The van der Waals surface area contributed by atoms with Crippen molar-refractivity contribution in [2.45, 2.75) is 49.6 Å². The van der Waals surface area contributed by atoms with Gasteiger partial charge in [-0.2, -0.15) is 0 Å². The molecule has 1 atom stereocenters. The number of anilines is 2. The standard InChI is InChI=1S/C30H34N8O/c31-25-8-12-33-18-24(25)30(20-6-10-32-11-7-20)9-5-26-23(17-30)27-28(34-19-35-29(27)37-26)36-21-1-3-22(4-2-21)38-13-15-39-16-14-38/h5-12,18-19,21-22H,1-4,13-17H2,(H2,31,33)(H2,34,35,36,37)/t21-,22-,30?. The Kier molecular flexibility index (Phi) is 6.25. The number of rotatable bonds is 5. The molecule has 5 heterocycles. The molecule has 3 aliphatic rings. The topological polar surface area (TPSA) is 118 Å². The Balaban J connectivity index is 1.22. The van der Waals surface area contributed by atoms with Crippen molar-refractivity contribution in [3.63, 3.8) is 0 Å². The number of nitrogens with two attached hydrogens (primary N) is 1. The van der Waals surface area contributed by atoms with Gasteiger partial charge in [-0.1, -0.05) is 6.08 Å². The predicted octanol–water partition coefficient (Wildman–Crippen LogP) is 3.94. The number of aromatic amines is 1. The third kappa shape index (κ3) is 4.35. The second-order valence-corrected chi connectivity index (χ2v) is 10.9. The third-order valence-electron chi connectivity index (χ3n) is 8.85. The van der Waals surface area contributed by atoms with Crippen LogP contribution in [0.1, 0.15) is 48.1 Å². The van der Waals surface area contributed by atoms with Crippen molar-refractivity contribution in [2.24, 2.45) is 0 Å². The van der Waals surface area contributed by atoms with E-state index in [1.165, 1.54) is 18.4 Å². The summed E-state index contributed by atoms with van der Waals surface area (Å²) in [5.74, 6) is 0.908. The lowest BCUT2D eigenvalue weighted by Gasteiger charge is -2.39. The number of fused-ring (bicyclic) bond motifs is 3. The van der Waals surface area contributed by atoms with Gasteiger partial charge in [0.05, 0.1) is 18.6 Å². The van der Waals surface area contributed by atoms with Crippen molar-refractivity contribution in [3.8, 4) is 0 Å². The van der Waals surface area contributed by atoms with E-state index >= 15 is 0 Å². The lowest BCUT2D eigenvalue weighted by atomic mass is 9.68. The fourth-order valence-electron chi connectivity index (χ4n) is 6.79. The maximum atomic E-state index is 6.56. The molecule has 9 nitrogen and oxygen atoms in total. The number of nitrogens with zero attached hydrogens (tertiary/aromatic N) is 5. The number of H-pyrrole nitrogens is 1. The molecule has 1 unspecified atom stereocenters. The van der Waals surface area contributed by atoms with Gasteiger partial charge < -0.3 is 20.8 Å². The number of nitrogens with one attached hydrogen (secondary N) is 2. The van der Waals surface area contributed by atoms with Crippen LogP contribution in [0.4, 0.5) is 11.5 Å². The Bertz CT molecular complexity index is 1490. The minimum atomic E-state index is -0.479. The number of aromatic nitrogens is 5. The summed E-state index contributed by atoms with van der Waals surface area (Å²) >= 11 is 0. The minimum Gasteiger partial charge on any atom is -0.398 e. The van der Waals surface area contributed by atoms with Crippen molar-refractivity contribution >= 4 is 28.6 Å². The van der Waals surface area contributed by atoms with Crippen LogP contribution in [0, 0.1) is 0 Å². The number of morpholine rings is 1. The first-order valence-corrected chi connectivity index (χ1v) is 13.9. The van der Waals surface area contributed by atoms with Crippen LogP contribution in [-0.4, -0.2) is 68.2 Å². The number of hydrogen-bond donors (Lipinski definition) is 3. The van der Waals surface area contributed by atoms with Crippen molar-refractivity contribution in [1.82, 2.24) is 29.8 Å². The van der Waals surface area contributed by atoms with Gasteiger partial charge in [-0.3, -0.25) is 14.9 Å². The summed E-state index contributed by atoms with van der Waals surface area (Å²) in [4.78, 5) is 24.3. The summed E-state index contributed by atoms with van der Waals surface area (Å²) in [6.45, 7) is 3.82. The quantitative estimate of drug-likeness (QED) is 0.361. The molecule has 1 saturated carbocycles. The minimum absolute atomic E-state index is 0.393. The molecule has 4 aromatic rings. The average Bonchev–Trinajstić information content (AvgIpc) is 3.37. The van der Waals surface area contributed by atoms with Crippen LogP contribution in [0.15, 0.2) is 55.4 Å². The van der Waals surface area contributed by atoms with Gasteiger partial charge >= 0.3 is 0 Å². The largest absolute Gasteiger partial charge is 0.398 e. The lowest BCUT2D eigenvalue weighted by molar-refractivity contribution is 0.00791. The predicted molar refractivity (Wildman–Crippen MR) is 152 cm³/mol. The molecule has 200 valence electrons. The fraction of sp³-hybridized carbons (Fsp3) is 0.400. The molecule has 0 bridgehead atoms. The molecule has 0 amide bonds. The number of hydrogen-bond acceptors (Lipinski definition) is 8. The normalized spacial score (nSPS) is 25.4. The number of nitrogen functional groups attached to an aromatic ring is 1. The fourth-order valence-corrected chi connectivity index (χ4v) is 6.79. The van der Waals surface area contributed by atoms with Crippen LogP contribution in [0.3, 0.4) is 0 Å². The molecule has 39 heavy (non-hydrogen) atoms. The molecule has 1 saturated heterocycles.